The highest BCUT2D eigenvalue weighted by Crippen LogP contribution is 2.27. The number of hydrogen-bond donors (Lipinski definition) is 4. The zero-order chi connectivity index (χ0) is 21.8. The van der Waals surface area contributed by atoms with Gasteiger partial charge in [0.15, 0.2) is 6.29 Å². The molecule has 10 heteroatoms. The summed E-state index contributed by atoms with van der Waals surface area (Å²) < 4.78 is 21.0. The summed E-state index contributed by atoms with van der Waals surface area (Å²) >= 11 is 0. The molecule has 0 amide bonds. The van der Waals surface area contributed by atoms with Crippen molar-refractivity contribution in [1.29, 1.82) is 0 Å². The van der Waals surface area contributed by atoms with Crippen LogP contribution in [0.3, 0.4) is 0 Å². The molecule has 0 radical (unpaired) electrons. The van der Waals surface area contributed by atoms with Gasteiger partial charge in [0.25, 0.3) is 0 Å². The molecule has 2 heterocycles. The molecule has 0 aliphatic carbocycles. The Hall–Kier alpha value is -2.50. The number of esters is 2. The lowest BCUT2D eigenvalue weighted by Gasteiger charge is -2.40. The third-order valence-corrected chi connectivity index (χ3v) is 4.99. The summed E-state index contributed by atoms with van der Waals surface area (Å²) in [5, 5.41) is 39.6. The monoisotopic (exact) mass is 424 g/mol. The topological polar surface area (TPSA) is 152 Å². The molecule has 0 bridgehead atoms. The van der Waals surface area contributed by atoms with Crippen molar-refractivity contribution in [3.8, 4) is 5.75 Å². The fraction of sp³-hybridized carbons (Fsp3) is 0.500. The Balaban J connectivity index is 1.55. The molecule has 2 saturated heterocycles. The number of hydrogen-bond acceptors (Lipinski definition) is 10. The van der Waals surface area contributed by atoms with Crippen molar-refractivity contribution in [3.63, 3.8) is 0 Å². The van der Waals surface area contributed by atoms with E-state index in [1.165, 1.54) is 18.2 Å². The molecule has 0 unspecified atom stereocenters. The maximum absolute atomic E-state index is 11.9. The lowest BCUT2D eigenvalue weighted by Crippen LogP contribution is -2.60. The Kier molecular flexibility index (Phi) is 7.06. The Morgan fingerprint density at radius 3 is 2.50 bits per heavy atom. The van der Waals surface area contributed by atoms with Crippen LogP contribution in [0.2, 0.25) is 0 Å². The molecule has 30 heavy (non-hydrogen) atoms. The van der Waals surface area contributed by atoms with Crippen LogP contribution in [0.1, 0.15) is 12.5 Å². The van der Waals surface area contributed by atoms with Gasteiger partial charge in [0.2, 0.25) is 0 Å². The second-order valence-corrected chi connectivity index (χ2v) is 7.16. The van der Waals surface area contributed by atoms with E-state index in [9.17, 15) is 30.0 Å². The molecule has 0 saturated carbocycles. The van der Waals surface area contributed by atoms with Gasteiger partial charge in [-0.2, -0.15) is 0 Å². The highest BCUT2D eigenvalue weighted by atomic mass is 16.7. The molecule has 2 fully saturated rings. The van der Waals surface area contributed by atoms with Crippen molar-refractivity contribution < 1.29 is 49.0 Å². The van der Waals surface area contributed by atoms with Gasteiger partial charge in [-0.05, 0) is 30.7 Å². The summed E-state index contributed by atoms with van der Waals surface area (Å²) in [4.78, 5) is 23.4. The minimum atomic E-state index is -1.60. The number of carbonyl (C=O) groups is 2. The van der Waals surface area contributed by atoms with Crippen molar-refractivity contribution in [2.75, 3.05) is 13.2 Å². The molecular formula is C20H24O10. The van der Waals surface area contributed by atoms with E-state index < -0.39 is 61.3 Å². The van der Waals surface area contributed by atoms with E-state index in [-0.39, 0.29) is 12.4 Å². The summed E-state index contributed by atoms with van der Waals surface area (Å²) in [7, 11) is 0. The first-order valence-corrected chi connectivity index (χ1v) is 9.42. The predicted octanol–water partition coefficient (Wildman–Crippen LogP) is -0.666. The largest absolute Gasteiger partial charge is 0.508 e. The normalized spacial score (nSPS) is 34.1. The second kappa shape index (κ2) is 9.54. The van der Waals surface area contributed by atoms with Crippen molar-refractivity contribution in [2.45, 2.75) is 43.7 Å². The standard InChI is InChI=1S/C20H24O10/c1-10-13(8-28-19(10)26)29-20-18(25)17(24)16(23)14(30-20)9-27-15(22)7-4-11-2-5-12(21)6-3-11/h2-7,10,13-14,16-18,20-21,23-25H,8-9H2,1H3/t10-,13+,14-,16-,17+,18-,20+/m1/s1. The summed E-state index contributed by atoms with van der Waals surface area (Å²) in [5.74, 6) is -1.65. The van der Waals surface area contributed by atoms with Gasteiger partial charge in [0, 0.05) is 6.08 Å². The van der Waals surface area contributed by atoms with Crippen LogP contribution in [0.5, 0.6) is 5.75 Å². The molecule has 7 atom stereocenters. The molecule has 0 spiro atoms. The highest BCUT2D eigenvalue weighted by Gasteiger charge is 2.47. The van der Waals surface area contributed by atoms with Gasteiger partial charge >= 0.3 is 11.9 Å². The summed E-state index contributed by atoms with van der Waals surface area (Å²) in [6.07, 6.45) is -5.25. The van der Waals surface area contributed by atoms with E-state index in [0.29, 0.717) is 5.56 Å². The lowest BCUT2D eigenvalue weighted by atomic mass is 9.99. The predicted molar refractivity (Wildman–Crippen MR) is 99.8 cm³/mol. The van der Waals surface area contributed by atoms with Crippen LogP contribution >= 0.6 is 0 Å². The minimum Gasteiger partial charge on any atom is -0.508 e. The molecule has 2 aliphatic heterocycles. The van der Waals surface area contributed by atoms with Crippen molar-refractivity contribution >= 4 is 18.0 Å². The van der Waals surface area contributed by atoms with E-state index in [0.717, 1.165) is 6.08 Å². The van der Waals surface area contributed by atoms with Crippen molar-refractivity contribution in [1.82, 2.24) is 0 Å². The average molecular weight is 424 g/mol. The lowest BCUT2D eigenvalue weighted by molar-refractivity contribution is -0.313. The SMILES string of the molecule is C[C@H]1C(=O)OC[C@@H]1O[C@H]1O[C@H](COC(=O)C=Cc2ccc(O)cc2)[C@@H](O)[C@H](O)[C@H]1O. The van der Waals surface area contributed by atoms with Gasteiger partial charge < -0.3 is 39.4 Å². The van der Waals surface area contributed by atoms with Gasteiger partial charge in [-0.1, -0.05) is 12.1 Å². The Morgan fingerprint density at radius 1 is 1.17 bits per heavy atom. The summed E-state index contributed by atoms with van der Waals surface area (Å²) in [5.41, 5.74) is 0.660. The minimum absolute atomic E-state index is 0.0209. The zero-order valence-corrected chi connectivity index (χ0v) is 16.2. The quantitative estimate of drug-likeness (QED) is 0.342. The first-order chi connectivity index (χ1) is 14.3. The van der Waals surface area contributed by atoms with Crippen molar-refractivity contribution in [2.24, 2.45) is 5.92 Å². The summed E-state index contributed by atoms with van der Waals surface area (Å²) in [6.45, 7) is 1.17. The fourth-order valence-corrected chi connectivity index (χ4v) is 3.05. The molecule has 2 aliphatic rings. The highest BCUT2D eigenvalue weighted by molar-refractivity contribution is 5.87. The summed E-state index contributed by atoms with van der Waals surface area (Å²) in [6, 6.07) is 6.14. The van der Waals surface area contributed by atoms with Crippen LogP contribution in [-0.4, -0.2) is 82.4 Å². The Morgan fingerprint density at radius 2 is 1.87 bits per heavy atom. The van der Waals surface area contributed by atoms with Crippen LogP contribution in [0.4, 0.5) is 0 Å². The zero-order valence-electron chi connectivity index (χ0n) is 16.2. The van der Waals surface area contributed by atoms with E-state index in [4.69, 9.17) is 18.9 Å². The third kappa shape index (κ3) is 5.15. The Labute approximate surface area is 172 Å². The molecule has 0 aromatic heterocycles. The molecule has 10 nitrogen and oxygen atoms in total. The maximum Gasteiger partial charge on any atom is 0.330 e. The van der Waals surface area contributed by atoms with Crippen LogP contribution < -0.4 is 0 Å². The molecule has 1 aromatic carbocycles. The second-order valence-electron chi connectivity index (χ2n) is 7.16. The number of phenols is 1. The maximum atomic E-state index is 11.9. The van der Waals surface area contributed by atoms with Gasteiger partial charge in [-0.15, -0.1) is 0 Å². The van der Waals surface area contributed by atoms with E-state index in [1.54, 1.807) is 19.1 Å². The molecule has 1 aromatic rings. The van der Waals surface area contributed by atoms with E-state index >= 15 is 0 Å². The van der Waals surface area contributed by atoms with Gasteiger partial charge in [0.05, 0.1) is 5.92 Å². The number of phenolic OH excluding ortho intramolecular Hbond substituents is 1. The van der Waals surface area contributed by atoms with Crippen LogP contribution in [0.15, 0.2) is 30.3 Å². The third-order valence-electron chi connectivity index (χ3n) is 4.99. The fourth-order valence-electron chi connectivity index (χ4n) is 3.05. The first kappa shape index (κ1) is 22.2. The van der Waals surface area contributed by atoms with Crippen LogP contribution in [0, 0.1) is 5.92 Å². The van der Waals surface area contributed by atoms with Crippen LogP contribution in [0.25, 0.3) is 6.08 Å². The number of ether oxygens (including phenoxy) is 4. The first-order valence-electron chi connectivity index (χ1n) is 9.42. The average Bonchev–Trinajstić information content (AvgIpc) is 3.05. The van der Waals surface area contributed by atoms with Gasteiger partial charge in [-0.25, -0.2) is 4.79 Å². The van der Waals surface area contributed by atoms with Gasteiger partial charge in [-0.3, -0.25) is 4.79 Å². The number of rotatable bonds is 6. The molecular weight excluding hydrogens is 400 g/mol. The van der Waals surface area contributed by atoms with E-state index in [1.807, 2.05) is 0 Å². The van der Waals surface area contributed by atoms with Crippen LogP contribution in [-0.2, 0) is 28.5 Å². The number of cyclic esters (lactones) is 1. The molecule has 164 valence electrons. The number of aliphatic hydroxyl groups is 3. The number of benzene rings is 1. The Bertz CT molecular complexity index is 776. The van der Waals surface area contributed by atoms with Gasteiger partial charge in [0.1, 0.15) is 49.5 Å². The number of aromatic hydroxyl groups is 1. The smallest absolute Gasteiger partial charge is 0.330 e. The number of carbonyl (C=O) groups excluding carboxylic acids is 2. The number of aliphatic hydroxyl groups excluding tert-OH is 3. The molecule has 4 N–H and O–H groups in total. The van der Waals surface area contributed by atoms with Crippen molar-refractivity contribution in [3.05, 3.63) is 35.9 Å². The molecule has 3 rings (SSSR count). The van der Waals surface area contributed by atoms with E-state index in [2.05, 4.69) is 0 Å².